The monoisotopic (exact) mass is 706 g/mol. The molecule has 16 heteroatoms. The molecule has 252 valence electrons. The van der Waals surface area contributed by atoms with Crippen molar-refractivity contribution in [1.82, 2.24) is 9.80 Å². The van der Waals surface area contributed by atoms with E-state index in [0.717, 1.165) is 0 Å². The fraction of sp³-hybridized carbons (Fsp3) is 0.419. The summed E-state index contributed by atoms with van der Waals surface area (Å²) in [6.45, 7) is 6.54. The Morgan fingerprint density at radius 2 is 0.894 bits per heavy atom. The molecule has 0 radical (unpaired) electrons. The van der Waals surface area contributed by atoms with Crippen molar-refractivity contribution >= 4 is 57.3 Å². The van der Waals surface area contributed by atoms with Gasteiger partial charge in [0.05, 0.1) is 22.3 Å². The Hall–Kier alpha value is -3.78. The van der Waals surface area contributed by atoms with E-state index >= 15 is 26.3 Å². The van der Waals surface area contributed by atoms with Crippen LogP contribution in [0.2, 0.25) is 0 Å². The van der Waals surface area contributed by atoms with Crippen LogP contribution in [-0.4, -0.2) is 68.3 Å². The fourth-order valence-corrected chi connectivity index (χ4v) is 6.40. The van der Waals surface area contributed by atoms with Crippen LogP contribution in [0.3, 0.4) is 0 Å². The van der Waals surface area contributed by atoms with Gasteiger partial charge in [-0.3, -0.25) is 38.6 Å². The van der Waals surface area contributed by atoms with Crippen molar-refractivity contribution in [2.75, 3.05) is 0 Å². The van der Waals surface area contributed by atoms with Crippen molar-refractivity contribution in [1.29, 1.82) is 0 Å². The lowest BCUT2D eigenvalue weighted by molar-refractivity contribution is -0.288. The van der Waals surface area contributed by atoms with Crippen LogP contribution in [0.25, 0.3) is 0 Å². The highest BCUT2D eigenvalue weighted by atomic mass is 35.5. The first kappa shape index (κ1) is 36.1. The van der Waals surface area contributed by atoms with Crippen molar-refractivity contribution in [3.8, 4) is 0 Å². The second-order valence-corrected chi connectivity index (χ2v) is 12.9. The largest absolute Gasteiger partial charge is 0.411 e. The molecule has 0 spiro atoms. The Morgan fingerprint density at radius 1 is 0.596 bits per heavy atom. The number of amides is 4. The molecular formula is C31H26Cl2F6N2O6. The topological polar surface area (TPSA) is 109 Å². The Morgan fingerprint density at radius 3 is 1.15 bits per heavy atom. The Bertz CT molecular complexity index is 1580. The minimum Gasteiger partial charge on any atom is -0.279 e. The van der Waals surface area contributed by atoms with E-state index in [-0.39, 0.29) is 36.8 Å². The predicted molar refractivity (Wildman–Crippen MR) is 155 cm³/mol. The van der Waals surface area contributed by atoms with E-state index in [2.05, 4.69) is 0 Å². The molecule has 4 amide bonds. The molecule has 2 aliphatic heterocycles. The molecule has 0 saturated heterocycles. The number of imide groups is 2. The summed E-state index contributed by atoms with van der Waals surface area (Å²) in [6.07, 6.45) is -12.6. The van der Waals surface area contributed by atoms with E-state index in [1.165, 1.54) is 0 Å². The summed E-state index contributed by atoms with van der Waals surface area (Å²) >= 11 is 11.2. The molecule has 2 heterocycles. The molecule has 0 N–H and O–H groups in total. The number of rotatable bonds is 10. The predicted octanol–water partition coefficient (Wildman–Crippen LogP) is 6.65. The summed E-state index contributed by atoms with van der Waals surface area (Å²) in [5.41, 5.74) is -10.7. The lowest BCUT2D eigenvalue weighted by atomic mass is 9.71. The van der Waals surface area contributed by atoms with Gasteiger partial charge in [-0.25, -0.2) is 0 Å². The highest BCUT2D eigenvalue weighted by molar-refractivity contribution is 6.65. The second-order valence-electron chi connectivity index (χ2n) is 12.1. The summed E-state index contributed by atoms with van der Waals surface area (Å²) in [4.78, 5) is 77.9. The first-order valence-corrected chi connectivity index (χ1v) is 14.9. The van der Waals surface area contributed by atoms with Crippen LogP contribution in [0.15, 0.2) is 36.4 Å². The zero-order valence-corrected chi connectivity index (χ0v) is 26.6. The first-order valence-electron chi connectivity index (χ1n) is 14.1. The Kier molecular flexibility index (Phi) is 9.47. The van der Waals surface area contributed by atoms with Gasteiger partial charge in [0.2, 0.25) is 15.9 Å². The standard InChI is InChI=1S/C31H26Cl2F6N2O6/c1-13(2)9-21(23(32)42)40-25(44)17-7-5-15(11-19(17)27(40)46)29(30(34,35)36,31(37,38)39)16-6-8-18-20(12-16)28(47)41(26(18)45)22(24(33)43)10-14(3)4/h5-8,11-14,21-22H,9-10H2,1-4H3. The summed E-state index contributed by atoms with van der Waals surface area (Å²) in [6, 6.07) is -0.519. The maximum atomic E-state index is 15.0. The van der Waals surface area contributed by atoms with Crippen LogP contribution < -0.4 is 0 Å². The third-order valence-corrected chi connectivity index (χ3v) is 8.59. The summed E-state index contributed by atoms with van der Waals surface area (Å²) in [5, 5.41) is -2.27. The molecule has 4 rings (SSSR count). The Balaban J connectivity index is 1.93. The van der Waals surface area contributed by atoms with E-state index < -0.39 is 97.3 Å². The third kappa shape index (κ3) is 5.83. The number of fused-ring (bicyclic) bond motifs is 2. The van der Waals surface area contributed by atoms with Gasteiger partial charge in [0.25, 0.3) is 23.6 Å². The van der Waals surface area contributed by atoms with Crippen molar-refractivity contribution in [2.45, 2.75) is 70.4 Å². The molecule has 2 aliphatic rings. The van der Waals surface area contributed by atoms with E-state index in [4.69, 9.17) is 23.2 Å². The van der Waals surface area contributed by atoms with Gasteiger partial charge in [-0.05, 0) is 83.3 Å². The van der Waals surface area contributed by atoms with Crippen LogP contribution in [0.4, 0.5) is 26.3 Å². The van der Waals surface area contributed by atoms with Gasteiger partial charge in [0.1, 0.15) is 12.1 Å². The van der Waals surface area contributed by atoms with Crippen LogP contribution in [0.1, 0.15) is 93.1 Å². The molecule has 0 bridgehead atoms. The number of alkyl halides is 6. The molecule has 0 saturated carbocycles. The molecular weight excluding hydrogens is 681 g/mol. The van der Waals surface area contributed by atoms with Gasteiger partial charge >= 0.3 is 12.4 Å². The average molecular weight is 707 g/mol. The summed E-state index contributed by atoms with van der Waals surface area (Å²) in [7, 11) is 0. The highest BCUT2D eigenvalue weighted by Crippen LogP contribution is 2.57. The molecule has 2 unspecified atom stereocenters. The van der Waals surface area contributed by atoms with E-state index in [1.54, 1.807) is 27.7 Å². The molecule has 0 aliphatic carbocycles. The smallest absolute Gasteiger partial charge is 0.279 e. The molecule has 0 aromatic heterocycles. The highest BCUT2D eigenvalue weighted by Gasteiger charge is 2.73. The number of carbonyl (C=O) groups excluding carboxylic acids is 6. The second kappa shape index (κ2) is 12.3. The number of halogens is 8. The van der Waals surface area contributed by atoms with Crippen LogP contribution >= 0.6 is 23.2 Å². The number of hydrogen-bond donors (Lipinski definition) is 0. The third-order valence-electron chi connectivity index (χ3n) is 8.09. The zero-order valence-electron chi connectivity index (χ0n) is 25.1. The summed E-state index contributed by atoms with van der Waals surface area (Å²) < 4.78 is 90.2. The van der Waals surface area contributed by atoms with Gasteiger partial charge in [-0.1, -0.05) is 39.8 Å². The van der Waals surface area contributed by atoms with Crippen molar-refractivity contribution in [3.05, 3.63) is 69.8 Å². The number of carbonyl (C=O) groups is 6. The van der Waals surface area contributed by atoms with Crippen LogP contribution in [-0.2, 0) is 15.0 Å². The first-order chi connectivity index (χ1) is 21.6. The lowest BCUT2D eigenvalue weighted by Crippen LogP contribution is -2.55. The maximum Gasteiger partial charge on any atom is 0.411 e. The normalized spacial score (nSPS) is 16.7. The fourth-order valence-electron chi connectivity index (χ4n) is 6.03. The van der Waals surface area contributed by atoms with Gasteiger partial charge in [-0.2, -0.15) is 26.3 Å². The van der Waals surface area contributed by atoms with Crippen molar-refractivity contribution in [3.63, 3.8) is 0 Å². The Labute approximate surface area is 273 Å². The number of nitrogens with zero attached hydrogens (tertiary/aromatic N) is 2. The van der Waals surface area contributed by atoms with Gasteiger partial charge in [-0.15, -0.1) is 0 Å². The van der Waals surface area contributed by atoms with Crippen LogP contribution in [0.5, 0.6) is 0 Å². The SMILES string of the molecule is CC(C)CC(C(=O)Cl)N1C(=O)c2ccc(C(c3ccc4c(c3)C(=O)N(C(CC(C)C)C(=O)Cl)C4=O)(C(F)(F)F)C(F)(F)F)cc2C1=O. The zero-order chi connectivity index (χ0) is 35.5. The van der Waals surface area contributed by atoms with Crippen molar-refractivity contribution in [2.24, 2.45) is 11.8 Å². The molecule has 0 fully saturated rings. The summed E-state index contributed by atoms with van der Waals surface area (Å²) in [5.74, 6) is -5.49. The molecule has 2 aromatic carbocycles. The van der Waals surface area contributed by atoms with E-state index in [1.807, 2.05) is 0 Å². The molecule has 2 aromatic rings. The van der Waals surface area contributed by atoms with Crippen LogP contribution in [0, 0.1) is 11.8 Å². The van der Waals surface area contributed by atoms with E-state index in [9.17, 15) is 28.8 Å². The van der Waals surface area contributed by atoms with Crippen molar-refractivity contribution < 1.29 is 55.1 Å². The minimum absolute atomic E-state index is 0.123. The van der Waals surface area contributed by atoms with Gasteiger partial charge in [0, 0.05) is 0 Å². The van der Waals surface area contributed by atoms with Gasteiger partial charge in [0.15, 0.2) is 0 Å². The maximum absolute atomic E-state index is 15.0. The number of hydrogen-bond acceptors (Lipinski definition) is 6. The minimum atomic E-state index is -6.18. The van der Waals surface area contributed by atoms with Gasteiger partial charge < -0.3 is 0 Å². The average Bonchev–Trinajstić information content (AvgIpc) is 3.32. The molecule has 8 nitrogen and oxygen atoms in total. The number of benzene rings is 2. The lowest BCUT2D eigenvalue weighted by Gasteiger charge is -2.38. The molecule has 47 heavy (non-hydrogen) atoms. The quantitative estimate of drug-likeness (QED) is 0.156. The molecule has 2 atom stereocenters. The van der Waals surface area contributed by atoms with E-state index in [0.29, 0.717) is 34.1 Å².